The number of nitrogens with two attached hydrogens (primary N) is 1. The standard InChI is InChI=1S/C10H12BrN3O2/c11-8-4-2-1-3-7(8)10(16)13-6-5-9(15)14-12/h1-4H,5-6,12H2,(H,13,16)(H,14,15). The normalized spacial score (nSPS) is 9.62. The third kappa shape index (κ3) is 3.63. The third-order valence-electron chi connectivity index (χ3n) is 1.92. The molecular weight excluding hydrogens is 274 g/mol. The zero-order valence-corrected chi connectivity index (χ0v) is 10.1. The van der Waals surface area contributed by atoms with Gasteiger partial charge in [0.1, 0.15) is 0 Å². The van der Waals surface area contributed by atoms with E-state index in [1.807, 2.05) is 11.5 Å². The SMILES string of the molecule is NNC(=O)CCNC(=O)c1ccccc1Br. The maximum absolute atomic E-state index is 11.6. The fourth-order valence-electron chi connectivity index (χ4n) is 1.10. The molecule has 1 aromatic carbocycles. The number of carbonyl (C=O) groups is 2. The van der Waals surface area contributed by atoms with Crippen LogP contribution in [0.15, 0.2) is 28.7 Å². The molecule has 0 saturated heterocycles. The molecule has 2 amide bonds. The van der Waals surface area contributed by atoms with Crippen molar-refractivity contribution in [3.05, 3.63) is 34.3 Å². The highest BCUT2D eigenvalue weighted by atomic mass is 79.9. The number of hydrogen-bond acceptors (Lipinski definition) is 3. The molecule has 1 aromatic rings. The van der Waals surface area contributed by atoms with Crippen molar-refractivity contribution >= 4 is 27.7 Å². The zero-order chi connectivity index (χ0) is 12.0. The van der Waals surface area contributed by atoms with E-state index in [9.17, 15) is 9.59 Å². The molecule has 5 nitrogen and oxygen atoms in total. The Morgan fingerprint density at radius 2 is 2.00 bits per heavy atom. The van der Waals surface area contributed by atoms with E-state index in [-0.39, 0.29) is 24.8 Å². The van der Waals surface area contributed by atoms with Crippen molar-refractivity contribution in [3.63, 3.8) is 0 Å². The second kappa shape index (κ2) is 6.24. The van der Waals surface area contributed by atoms with Crippen molar-refractivity contribution in [1.29, 1.82) is 0 Å². The molecule has 0 atom stereocenters. The minimum absolute atomic E-state index is 0.159. The van der Waals surface area contributed by atoms with Gasteiger partial charge >= 0.3 is 0 Å². The van der Waals surface area contributed by atoms with Gasteiger partial charge in [-0.3, -0.25) is 15.0 Å². The van der Waals surface area contributed by atoms with Crippen molar-refractivity contribution in [3.8, 4) is 0 Å². The summed E-state index contributed by atoms with van der Waals surface area (Å²) in [5.74, 6) is 4.37. The first-order valence-corrected chi connectivity index (χ1v) is 5.46. The minimum Gasteiger partial charge on any atom is -0.351 e. The summed E-state index contributed by atoms with van der Waals surface area (Å²) in [5, 5.41) is 2.62. The molecule has 1 rings (SSSR count). The number of rotatable bonds is 4. The summed E-state index contributed by atoms with van der Waals surface area (Å²) in [4.78, 5) is 22.4. The van der Waals surface area contributed by atoms with Gasteiger partial charge in [-0.1, -0.05) is 12.1 Å². The Hall–Kier alpha value is -1.40. The molecule has 0 radical (unpaired) electrons. The van der Waals surface area contributed by atoms with E-state index >= 15 is 0 Å². The van der Waals surface area contributed by atoms with Gasteiger partial charge in [0.25, 0.3) is 5.91 Å². The molecule has 0 saturated carbocycles. The molecule has 0 aliphatic carbocycles. The fraction of sp³-hybridized carbons (Fsp3) is 0.200. The second-order valence-electron chi connectivity index (χ2n) is 3.05. The lowest BCUT2D eigenvalue weighted by atomic mass is 10.2. The summed E-state index contributed by atoms with van der Waals surface area (Å²) in [5.41, 5.74) is 2.53. The Morgan fingerprint density at radius 3 is 2.62 bits per heavy atom. The zero-order valence-electron chi connectivity index (χ0n) is 8.50. The number of hydrazine groups is 1. The molecule has 0 heterocycles. The maximum atomic E-state index is 11.6. The van der Waals surface area contributed by atoms with Gasteiger partial charge in [-0.2, -0.15) is 0 Å². The molecule has 0 aliphatic heterocycles. The third-order valence-corrected chi connectivity index (χ3v) is 2.61. The number of nitrogens with one attached hydrogen (secondary N) is 2. The van der Waals surface area contributed by atoms with E-state index in [0.29, 0.717) is 5.56 Å². The van der Waals surface area contributed by atoms with Gasteiger partial charge in [0.05, 0.1) is 5.56 Å². The van der Waals surface area contributed by atoms with Crippen molar-refractivity contribution in [1.82, 2.24) is 10.7 Å². The first kappa shape index (κ1) is 12.7. The highest BCUT2D eigenvalue weighted by molar-refractivity contribution is 9.10. The largest absolute Gasteiger partial charge is 0.351 e. The van der Waals surface area contributed by atoms with Crippen LogP contribution in [0.25, 0.3) is 0 Å². The molecule has 16 heavy (non-hydrogen) atoms. The molecule has 4 N–H and O–H groups in total. The van der Waals surface area contributed by atoms with Crippen LogP contribution < -0.4 is 16.6 Å². The Balaban J connectivity index is 2.47. The van der Waals surface area contributed by atoms with E-state index in [2.05, 4.69) is 21.2 Å². The molecule has 0 unspecified atom stereocenters. The molecule has 0 spiro atoms. The predicted octanol–water partition coefficient (Wildman–Crippen LogP) is 0.559. The van der Waals surface area contributed by atoms with Crippen LogP contribution in [-0.2, 0) is 4.79 Å². The van der Waals surface area contributed by atoms with Crippen LogP contribution in [-0.4, -0.2) is 18.4 Å². The Morgan fingerprint density at radius 1 is 1.31 bits per heavy atom. The number of carbonyl (C=O) groups excluding carboxylic acids is 2. The summed E-state index contributed by atoms with van der Waals surface area (Å²) in [6.45, 7) is 0.253. The van der Waals surface area contributed by atoms with Crippen LogP contribution in [0.1, 0.15) is 16.8 Å². The Labute approximate surface area is 101 Å². The summed E-state index contributed by atoms with van der Waals surface area (Å²) >= 11 is 3.27. The van der Waals surface area contributed by atoms with E-state index < -0.39 is 0 Å². The molecule has 0 aliphatic rings. The monoisotopic (exact) mass is 285 g/mol. The van der Waals surface area contributed by atoms with Crippen LogP contribution in [0.3, 0.4) is 0 Å². The molecule has 6 heteroatoms. The van der Waals surface area contributed by atoms with Crippen molar-refractivity contribution in [2.24, 2.45) is 5.84 Å². The lowest BCUT2D eigenvalue weighted by molar-refractivity contribution is -0.121. The van der Waals surface area contributed by atoms with Gasteiger partial charge in [-0.15, -0.1) is 0 Å². The Bertz CT molecular complexity index is 395. The van der Waals surface area contributed by atoms with Crippen LogP contribution >= 0.6 is 15.9 Å². The number of benzene rings is 1. The van der Waals surface area contributed by atoms with Crippen molar-refractivity contribution in [2.45, 2.75) is 6.42 Å². The average Bonchev–Trinajstić information content (AvgIpc) is 2.29. The first-order chi connectivity index (χ1) is 7.65. The number of halogens is 1. The van der Waals surface area contributed by atoms with Gasteiger partial charge in [0, 0.05) is 17.4 Å². The van der Waals surface area contributed by atoms with E-state index in [4.69, 9.17) is 5.84 Å². The Kier molecular flexibility index (Phi) is 4.94. The van der Waals surface area contributed by atoms with Crippen molar-refractivity contribution in [2.75, 3.05) is 6.54 Å². The number of amides is 2. The van der Waals surface area contributed by atoms with E-state index in [1.165, 1.54) is 0 Å². The lowest BCUT2D eigenvalue weighted by Crippen LogP contribution is -2.34. The van der Waals surface area contributed by atoms with Crippen LogP contribution in [0.4, 0.5) is 0 Å². The summed E-state index contributed by atoms with van der Waals surface area (Å²) in [6, 6.07) is 7.07. The minimum atomic E-state index is -0.313. The van der Waals surface area contributed by atoms with Crippen molar-refractivity contribution < 1.29 is 9.59 Å². The topological polar surface area (TPSA) is 84.2 Å². The smallest absolute Gasteiger partial charge is 0.252 e. The van der Waals surface area contributed by atoms with Gasteiger partial charge in [-0.25, -0.2) is 5.84 Å². The van der Waals surface area contributed by atoms with E-state index in [0.717, 1.165) is 4.47 Å². The molecule has 0 bridgehead atoms. The molecular formula is C10H12BrN3O2. The van der Waals surface area contributed by atoms with Gasteiger partial charge in [0.2, 0.25) is 5.91 Å². The molecule has 0 aromatic heterocycles. The quantitative estimate of drug-likeness (QED) is 0.429. The molecule has 86 valence electrons. The lowest BCUT2D eigenvalue weighted by Gasteiger charge is -2.05. The first-order valence-electron chi connectivity index (χ1n) is 4.67. The van der Waals surface area contributed by atoms with Crippen LogP contribution in [0.5, 0.6) is 0 Å². The summed E-state index contributed by atoms with van der Waals surface area (Å²) < 4.78 is 0.718. The van der Waals surface area contributed by atoms with Gasteiger partial charge in [-0.05, 0) is 28.1 Å². The van der Waals surface area contributed by atoms with Crippen LogP contribution in [0.2, 0.25) is 0 Å². The molecule has 0 fully saturated rings. The fourth-order valence-corrected chi connectivity index (χ4v) is 1.57. The maximum Gasteiger partial charge on any atom is 0.252 e. The highest BCUT2D eigenvalue weighted by Crippen LogP contribution is 2.15. The van der Waals surface area contributed by atoms with Gasteiger partial charge < -0.3 is 5.32 Å². The van der Waals surface area contributed by atoms with Gasteiger partial charge in [0.15, 0.2) is 0 Å². The summed E-state index contributed by atoms with van der Waals surface area (Å²) in [7, 11) is 0. The summed E-state index contributed by atoms with van der Waals surface area (Å²) in [6.07, 6.45) is 0.159. The second-order valence-corrected chi connectivity index (χ2v) is 3.91. The predicted molar refractivity (Wildman–Crippen MR) is 63.4 cm³/mol. The number of hydrogen-bond donors (Lipinski definition) is 3. The average molecular weight is 286 g/mol. The van der Waals surface area contributed by atoms with E-state index in [1.54, 1.807) is 18.2 Å². The highest BCUT2D eigenvalue weighted by Gasteiger charge is 2.08. The van der Waals surface area contributed by atoms with Crippen LogP contribution in [0, 0.1) is 0 Å².